The van der Waals surface area contributed by atoms with E-state index in [9.17, 15) is 0 Å². The molecule has 1 aliphatic heterocycles. The Balaban J connectivity index is 1.75. The van der Waals surface area contributed by atoms with E-state index in [1.165, 1.54) is 25.0 Å². The van der Waals surface area contributed by atoms with Crippen molar-refractivity contribution in [1.82, 2.24) is 15.0 Å². The third-order valence-electron chi connectivity index (χ3n) is 4.54. The Morgan fingerprint density at radius 2 is 2.15 bits per heavy atom. The summed E-state index contributed by atoms with van der Waals surface area (Å²) >= 11 is 1.96. The Labute approximate surface area is 124 Å². The molecule has 2 N–H and O–H groups in total. The van der Waals surface area contributed by atoms with Crippen LogP contribution in [-0.2, 0) is 0 Å². The predicted molar refractivity (Wildman–Crippen MR) is 80.8 cm³/mol. The Bertz CT molecular complexity index is 439. The summed E-state index contributed by atoms with van der Waals surface area (Å²) in [6, 6.07) is 0.456. The Morgan fingerprint density at radius 3 is 3.00 bits per heavy atom. The molecule has 3 atom stereocenters. The summed E-state index contributed by atoms with van der Waals surface area (Å²) < 4.78 is 5.55. The van der Waals surface area contributed by atoms with E-state index in [1.807, 2.05) is 11.8 Å². The Hall–Kier alpha value is -0.590. The van der Waals surface area contributed by atoms with E-state index < -0.39 is 0 Å². The van der Waals surface area contributed by atoms with E-state index in [2.05, 4.69) is 22.1 Å². The molecular weight excluding hydrogens is 272 g/mol. The summed E-state index contributed by atoms with van der Waals surface area (Å²) in [5, 5.41) is 4.23. The van der Waals surface area contributed by atoms with E-state index in [-0.39, 0.29) is 18.0 Å². The zero-order valence-electron chi connectivity index (χ0n) is 12.1. The van der Waals surface area contributed by atoms with Crippen LogP contribution in [-0.4, -0.2) is 46.2 Å². The van der Waals surface area contributed by atoms with Gasteiger partial charge in [0.15, 0.2) is 5.82 Å². The molecule has 0 aromatic carbocycles. The maximum atomic E-state index is 6.28. The fourth-order valence-electron chi connectivity index (χ4n) is 3.13. The highest BCUT2D eigenvalue weighted by molar-refractivity contribution is 7.99. The summed E-state index contributed by atoms with van der Waals surface area (Å²) in [5.74, 6) is 4.09. The van der Waals surface area contributed by atoms with Crippen LogP contribution in [0.5, 0.6) is 0 Å². The minimum Gasteiger partial charge on any atom is -0.339 e. The van der Waals surface area contributed by atoms with Crippen molar-refractivity contribution in [1.29, 1.82) is 0 Å². The van der Waals surface area contributed by atoms with E-state index >= 15 is 0 Å². The van der Waals surface area contributed by atoms with Crippen molar-refractivity contribution < 1.29 is 4.52 Å². The summed E-state index contributed by atoms with van der Waals surface area (Å²) in [4.78, 5) is 7.00. The van der Waals surface area contributed by atoms with Crippen LogP contribution in [0.4, 0.5) is 0 Å². The molecular formula is C14H24N4OS. The molecule has 2 heterocycles. The number of nitrogens with two attached hydrogens (primary N) is 1. The largest absolute Gasteiger partial charge is 0.339 e. The minimum absolute atomic E-state index is 0.171. The molecule has 0 amide bonds. The van der Waals surface area contributed by atoms with Crippen LogP contribution in [0.25, 0.3) is 0 Å². The first kappa shape index (κ1) is 14.4. The van der Waals surface area contributed by atoms with Crippen LogP contribution in [0, 0.1) is 0 Å². The van der Waals surface area contributed by atoms with E-state index in [4.69, 9.17) is 10.3 Å². The number of thioether (sulfide) groups is 1. The molecule has 0 radical (unpaired) electrons. The van der Waals surface area contributed by atoms with Gasteiger partial charge in [-0.25, -0.2) is 0 Å². The van der Waals surface area contributed by atoms with E-state index in [0.29, 0.717) is 0 Å². The number of rotatable bonds is 2. The fraction of sp³-hybridized carbons (Fsp3) is 0.857. The van der Waals surface area contributed by atoms with Crippen molar-refractivity contribution in [3.8, 4) is 0 Å². The molecule has 1 aromatic heterocycles. The molecule has 5 nitrogen and oxygen atoms in total. The SMILES string of the molecule is CN1CCSCC1c1noc(C2CCCCCC2N)n1. The molecule has 2 fully saturated rings. The number of hydrogen-bond donors (Lipinski definition) is 1. The highest BCUT2D eigenvalue weighted by atomic mass is 32.2. The van der Waals surface area contributed by atoms with Gasteiger partial charge in [-0.3, -0.25) is 4.90 Å². The van der Waals surface area contributed by atoms with Crippen LogP contribution in [0.1, 0.15) is 55.8 Å². The first-order valence-corrected chi connectivity index (χ1v) is 8.78. The number of nitrogens with zero attached hydrogens (tertiary/aromatic N) is 3. The second kappa shape index (κ2) is 6.45. The molecule has 0 spiro atoms. The van der Waals surface area contributed by atoms with Gasteiger partial charge in [-0.15, -0.1) is 0 Å². The molecule has 1 saturated carbocycles. The van der Waals surface area contributed by atoms with Gasteiger partial charge in [0.1, 0.15) is 0 Å². The third kappa shape index (κ3) is 3.02. The summed E-state index contributed by atoms with van der Waals surface area (Å²) in [6.45, 7) is 1.09. The van der Waals surface area contributed by atoms with Gasteiger partial charge in [-0.1, -0.05) is 24.4 Å². The molecule has 1 aliphatic carbocycles. The lowest BCUT2D eigenvalue weighted by atomic mass is 9.95. The van der Waals surface area contributed by atoms with E-state index in [1.54, 1.807) is 0 Å². The Morgan fingerprint density at radius 1 is 1.30 bits per heavy atom. The van der Waals surface area contributed by atoms with Crippen LogP contribution < -0.4 is 5.73 Å². The van der Waals surface area contributed by atoms with Crippen LogP contribution in [0.3, 0.4) is 0 Å². The van der Waals surface area contributed by atoms with Gasteiger partial charge in [-0.2, -0.15) is 16.7 Å². The standard InChI is InChI=1S/C14H24N4OS/c1-18-7-8-20-9-12(18)13-16-14(19-17-13)10-5-3-2-4-6-11(10)15/h10-12H,2-9,15H2,1H3. The van der Waals surface area contributed by atoms with Gasteiger partial charge in [-0.05, 0) is 19.9 Å². The lowest BCUT2D eigenvalue weighted by Crippen LogP contribution is -2.33. The zero-order valence-corrected chi connectivity index (χ0v) is 12.9. The molecule has 6 heteroatoms. The van der Waals surface area contributed by atoms with Gasteiger partial charge in [0.25, 0.3) is 0 Å². The lowest BCUT2D eigenvalue weighted by molar-refractivity contribution is 0.255. The highest BCUT2D eigenvalue weighted by Gasteiger charge is 2.30. The van der Waals surface area contributed by atoms with Gasteiger partial charge in [0, 0.05) is 24.1 Å². The van der Waals surface area contributed by atoms with Crippen molar-refractivity contribution in [3.05, 3.63) is 11.7 Å². The lowest BCUT2D eigenvalue weighted by Gasteiger charge is -2.29. The quantitative estimate of drug-likeness (QED) is 0.844. The first-order valence-electron chi connectivity index (χ1n) is 7.63. The molecule has 1 saturated heterocycles. The Kier molecular flexibility index (Phi) is 4.63. The summed E-state index contributed by atoms with van der Waals surface area (Å²) in [6.07, 6.45) is 5.86. The number of aromatic nitrogens is 2. The maximum absolute atomic E-state index is 6.28. The van der Waals surface area contributed by atoms with Crippen molar-refractivity contribution in [2.45, 2.75) is 50.1 Å². The second-order valence-corrected chi connectivity index (χ2v) is 7.12. The molecule has 2 aliphatic rings. The summed E-state index contributed by atoms with van der Waals surface area (Å²) in [7, 11) is 2.14. The molecule has 1 aromatic rings. The predicted octanol–water partition coefficient (Wildman–Crippen LogP) is 2.16. The molecule has 112 valence electrons. The average Bonchev–Trinajstić information content (AvgIpc) is 2.82. The average molecular weight is 296 g/mol. The van der Waals surface area contributed by atoms with Gasteiger partial charge in [0.2, 0.25) is 5.89 Å². The maximum Gasteiger partial charge on any atom is 0.231 e. The molecule has 0 bridgehead atoms. The number of hydrogen-bond acceptors (Lipinski definition) is 6. The highest BCUT2D eigenvalue weighted by Crippen LogP contribution is 2.32. The molecule has 3 unspecified atom stereocenters. The van der Waals surface area contributed by atoms with Crippen LogP contribution in [0.2, 0.25) is 0 Å². The smallest absolute Gasteiger partial charge is 0.231 e. The van der Waals surface area contributed by atoms with Crippen LogP contribution >= 0.6 is 11.8 Å². The van der Waals surface area contributed by atoms with Crippen molar-refractivity contribution in [3.63, 3.8) is 0 Å². The normalized spacial score (nSPS) is 33.0. The first-order chi connectivity index (χ1) is 9.75. The van der Waals surface area contributed by atoms with Gasteiger partial charge < -0.3 is 10.3 Å². The summed E-state index contributed by atoms with van der Waals surface area (Å²) in [5.41, 5.74) is 6.28. The second-order valence-electron chi connectivity index (χ2n) is 5.97. The fourth-order valence-corrected chi connectivity index (χ4v) is 4.34. The minimum atomic E-state index is 0.171. The topological polar surface area (TPSA) is 68.2 Å². The zero-order chi connectivity index (χ0) is 13.9. The van der Waals surface area contributed by atoms with Crippen molar-refractivity contribution in [2.75, 3.05) is 25.1 Å². The van der Waals surface area contributed by atoms with Crippen molar-refractivity contribution >= 4 is 11.8 Å². The molecule has 3 rings (SSSR count). The monoisotopic (exact) mass is 296 g/mol. The van der Waals surface area contributed by atoms with Crippen molar-refractivity contribution in [2.24, 2.45) is 5.73 Å². The third-order valence-corrected chi connectivity index (χ3v) is 5.56. The van der Waals surface area contributed by atoms with E-state index in [0.717, 1.165) is 36.9 Å². The molecule has 20 heavy (non-hydrogen) atoms. The van der Waals surface area contributed by atoms with Gasteiger partial charge in [0.05, 0.1) is 12.0 Å². The van der Waals surface area contributed by atoms with Gasteiger partial charge >= 0.3 is 0 Å². The van der Waals surface area contributed by atoms with Crippen LogP contribution in [0.15, 0.2) is 4.52 Å².